The van der Waals surface area contributed by atoms with Gasteiger partial charge in [0.1, 0.15) is 5.82 Å². The Bertz CT molecular complexity index is 1370. The smallest absolute Gasteiger partial charge is 0.368 e. The minimum absolute atomic E-state index is 0.0671. The Balaban J connectivity index is 1.56. The fourth-order valence-electron chi connectivity index (χ4n) is 3.59. The van der Waals surface area contributed by atoms with E-state index >= 15 is 0 Å². The Morgan fingerprint density at radius 3 is 2.42 bits per heavy atom. The average Bonchev–Trinajstić information content (AvgIpc) is 2.82. The highest BCUT2D eigenvalue weighted by atomic mass is 79.9. The van der Waals surface area contributed by atoms with Crippen molar-refractivity contribution < 1.29 is 21.6 Å². The first-order valence-electron chi connectivity index (χ1n) is 10.7. The van der Waals surface area contributed by atoms with Crippen molar-refractivity contribution in [3.8, 4) is 0 Å². The molecule has 0 bridgehead atoms. The van der Waals surface area contributed by atoms with Gasteiger partial charge in [0.15, 0.2) is 0 Å². The van der Waals surface area contributed by atoms with E-state index in [1.807, 2.05) is 12.1 Å². The van der Waals surface area contributed by atoms with E-state index in [9.17, 15) is 21.6 Å². The van der Waals surface area contributed by atoms with Gasteiger partial charge in [0, 0.05) is 38.1 Å². The van der Waals surface area contributed by atoms with Crippen molar-refractivity contribution in [2.45, 2.75) is 10.4 Å². The predicted octanol–water partition coefficient (Wildman–Crippen LogP) is 5.43. The molecule has 1 fully saturated rings. The number of aromatic nitrogens is 2. The van der Waals surface area contributed by atoms with Gasteiger partial charge in [0.25, 0.3) is 9.84 Å². The number of alkyl halides is 3. The lowest BCUT2D eigenvalue weighted by atomic mass is 10.2. The molecular formula is C22H21BrClF3N6O2S. The number of nitrogens with one attached hydrogen (secondary N) is 2. The lowest BCUT2D eigenvalue weighted by molar-refractivity contribution is -0.0435. The quantitative estimate of drug-likeness (QED) is 0.385. The summed E-state index contributed by atoms with van der Waals surface area (Å²) in [7, 11) is -3.51. The van der Waals surface area contributed by atoms with E-state index in [0.29, 0.717) is 15.2 Å². The minimum Gasteiger partial charge on any atom is -0.368 e. The second-order valence-electron chi connectivity index (χ2n) is 8.04. The lowest BCUT2D eigenvalue weighted by Gasteiger charge is -2.34. The molecule has 0 radical (unpaired) electrons. The molecule has 1 saturated heterocycles. The molecule has 0 aliphatic carbocycles. The molecule has 192 valence electrons. The third kappa shape index (κ3) is 5.69. The Labute approximate surface area is 219 Å². The van der Waals surface area contributed by atoms with Crippen molar-refractivity contribution in [2.75, 3.05) is 48.8 Å². The van der Waals surface area contributed by atoms with Crippen LogP contribution in [0.25, 0.3) is 0 Å². The van der Waals surface area contributed by atoms with Crippen LogP contribution in [0.3, 0.4) is 0 Å². The molecule has 8 nitrogen and oxygen atoms in total. The fraction of sp³-hybridized carbons (Fsp3) is 0.273. The van der Waals surface area contributed by atoms with E-state index in [0.717, 1.165) is 37.9 Å². The lowest BCUT2D eigenvalue weighted by Crippen LogP contribution is -2.44. The number of hydrogen-bond acceptors (Lipinski definition) is 8. The Morgan fingerprint density at radius 1 is 1.06 bits per heavy atom. The summed E-state index contributed by atoms with van der Waals surface area (Å²) in [6, 6.07) is 10.2. The monoisotopic (exact) mass is 604 g/mol. The molecule has 0 atom stereocenters. The summed E-state index contributed by atoms with van der Waals surface area (Å²) in [6.07, 6.45) is 1.39. The molecule has 0 spiro atoms. The Morgan fingerprint density at radius 2 is 1.75 bits per heavy atom. The predicted molar refractivity (Wildman–Crippen MR) is 137 cm³/mol. The summed E-state index contributed by atoms with van der Waals surface area (Å²) in [5, 5.41) is 6.22. The molecule has 14 heteroatoms. The number of nitrogens with zero attached hydrogens (tertiary/aromatic N) is 4. The van der Waals surface area contributed by atoms with Gasteiger partial charge in [0.2, 0.25) is 5.95 Å². The molecule has 1 aliphatic heterocycles. The normalized spacial score (nSPS) is 15.1. The van der Waals surface area contributed by atoms with Crippen LogP contribution in [-0.2, 0) is 9.84 Å². The van der Waals surface area contributed by atoms with E-state index in [1.165, 1.54) is 24.4 Å². The zero-order valence-corrected chi connectivity index (χ0v) is 22.0. The summed E-state index contributed by atoms with van der Waals surface area (Å²) in [4.78, 5) is 12.0. The van der Waals surface area contributed by atoms with Gasteiger partial charge < -0.3 is 20.4 Å². The highest BCUT2D eigenvalue weighted by molar-refractivity contribution is 9.10. The standard InChI is InChI=1S/C22H21BrClF3N6O2S/c1-32-8-10-33(11-9-32)18-7-6-14(12-16(18)24)29-21-28-13-15(23)20(31-21)30-17-4-2-3-5-19(17)36(34,35)22(25,26)27/h2-7,12-13H,8-11H2,1H3,(H2,28,29,30,31). The van der Waals surface area contributed by atoms with Crippen LogP contribution >= 0.6 is 27.5 Å². The van der Waals surface area contributed by atoms with Crippen LogP contribution in [-0.4, -0.2) is 62.0 Å². The highest BCUT2D eigenvalue weighted by Crippen LogP contribution is 2.36. The van der Waals surface area contributed by atoms with Gasteiger partial charge in [-0.15, -0.1) is 0 Å². The SMILES string of the molecule is CN1CCN(c2ccc(Nc3ncc(Br)c(Nc4ccccc4S(=O)(=O)C(F)(F)F)n3)cc2Cl)CC1. The van der Waals surface area contributed by atoms with Gasteiger partial charge in [-0.25, -0.2) is 13.4 Å². The second-order valence-corrected chi connectivity index (χ2v) is 11.2. The fourth-order valence-corrected chi connectivity index (χ4v) is 5.09. The molecule has 2 heterocycles. The summed E-state index contributed by atoms with van der Waals surface area (Å²) in [6.45, 7) is 3.59. The van der Waals surface area contributed by atoms with Crippen LogP contribution in [0, 0.1) is 0 Å². The van der Waals surface area contributed by atoms with Gasteiger partial charge in [-0.2, -0.15) is 18.2 Å². The first kappa shape index (κ1) is 26.5. The number of halogens is 5. The molecule has 2 N–H and O–H groups in total. The molecule has 0 amide bonds. The van der Waals surface area contributed by atoms with E-state index in [4.69, 9.17) is 11.6 Å². The van der Waals surface area contributed by atoms with Crippen LogP contribution in [0.4, 0.5) is 42.0 Å². The van der Waals surface area contributed by atoms with Gasteiger partial charge in [-0.1, -0.05) is 23.7 Å². The topological polar surface area (TPSA) is 90.5 Å². The number of sulfone groups is 1. The number of likely N-dealkylation sites (N-methyl/N-ethyl adjacent to an activating group) is 1. The Kier molecular flexibility index (Phi) is 7.64. The van der Waals surface area contributed by atoms with Crippen LogP contribution in [0.15, 0.2) is 58.0 Å². The van der Waals surface area contributed by atoms with Crippen molar-refractivity contribution in [1.29, 1.82) is 0 Å². The maximum absolute atomic E-state index is 13.1. The van der Waals surface area contributed by atoms with Crippen LogP contribution in [0.2, 0.25) is 5.02 Å². The molecule has 4 rings (SSSR count). The van der Waals surface area contributed by atoms with E-state index < -0.39 is 20.2 Å². The van der Waals surface area contributed by atoms with Gasteiger partial charge >= 0.3 is 5.51 Å². The molecule has 1 aliphatic rings. The first-order chi connectivity index (χ1) is 17.0. The summed E-state index contributed by atoms with van der Waals surface area (Å²) < 4.78 is 63.8. The van der Waals surface area contributed by atoms with Crippen molar-refractivity contribution in [3.63, 3.8) is 0 Å². The van der Waals surface area contributed by atoms with Gasteiger partial charge in [-0.3, -0.25) is 0 Å². The maximum Gasteiger partial charge on any atom is 0.501 e. The third-order valence-corrected chi connectivity index (χ3v) is 7.95. The number of para-hydroxylation sites is 1. The number of rotatable bonds is 6. The number of hydrogen-bond donors (Lipinski definition) is 2. The van der Waals surface area contributed by atoms with Crippen LogP contribution in [0.5, 0.6) is 0 Å². The summed E-state index contributed by atoms with van der Waals surface area (Å²) >= 11 is 9.76. The molecule has 2 aromatic carbocycles. The highest BCUT2D eigenvalue weighted by Gasteiger charge is 2.48. The number of anilines is 5. The molecular weight excluding hydrogens is 585 g/mol. The van der Waals surface area contributed by atoms with Crippen molar-refractivity contribution in [3.05, 3.63) is 58.2 Å². The molecule has 0 saturated carbocycles. The molecule has 0 unspecified atom stereocenters. The first-order valence-corrected chi connectivity index (χ1v) is 13.3. The van der Waals surface area contributed by atoms with Crippen LogP contribution in [0.1, 0.15) is 0 Å². The largest absolute Gasteiger partial charge is 0.501 e. The third-order valence-electron chi connectivity index (χ3n) is 5.53. The van der Waals surface area contributed by atoms with E-state index in [1.54, 1.807) is 6.07 Å². The Hall–Kier alpha value is -2.61. The average molecular weight is 606 g/mol. The van der Waals surface area contributed by atoms with Crippen LogP contribution < -0.4 is 15.5 Å². The summed E-state index contributed by atoms with van der Waals surface area (Å²) in [5.74, 6) is 0.192. The summed E-state index contributed by atoms with van der Waals surface area (Å²) in [5.41, 5.74) is -4.21. The van der Waals surface area contributed by atoms with Crippen molar-refractivity contribution >= 4 is 66.2 Å². The minimum atomic E-state index is -5.58. The van der Waals surface area contributed by atoms with Crippen molar-refractivity contribution in [1.82, 2.24) is 14.9 Å². The van der Waals surface area contributed by atoms with E-state index in [2.05, 4.69) is 53.4 Å². The maximum atomic E-state index is 13.1. The van der Waals surface area contributed by atoms with Gasteiger partial charge in [-0.05, 0) is 53.3 Å². The molecule has 3 aromatic rings. The zero-order chi connectivity index (χ0) is 26.1. The number of benzene rings is 2. The zero-order valence-electron chi connectivity index (χ0n) is 18.9. The van der Waals surface area contributed by atoms with E-state index in [-0.39, 0.29) is 17.5 Å². The second kappa shape index (κ2) is 10.4. The van der Waals surface area contributed by atoms with Crippen molar-refractivity contribution in [2.24, 2.45) is 0 Å². The molecule has 1 aromatic heterocycles. The van der Waals surface area contributed by atoms with Gasteiger partial charge in [0.05, 0.1) is 25.8 Å². The number of piperazine rings is 1. The molecule has 36 heavy (non-hydrogen) atoms.